The maximum Gasteiger partial charge on any atom is 3.00 e. The Bertz CT molecular complexity index is 39.3. The van der Waals surface area contributed by atoms with Crippen LogP contribution in [-0.2, 0) is 0 Å². The maximum absolute atomic E-state index is 2.38. The minimum absolute atomic E-state index is 0. The summed E-state index contributed by atoms with van der Waals surface area (Å²) < 4.78 is 0. The number of rotatable bonds is 3. The molecular weight excluding hydrogens is 113 g/mol. The molecule has 0 aliphatic heterocycles. The summed E-state index contributed by atoms with van der Waals surface area (Å²) in [6, 6.07) is 0. The molecule has 0 unspecified atom stereocenters. The van der Waals surface area contributed by atoms with Crippen molar-refractivity contribution in [3.05, 3.63) is 0 Å². The molecule has 0 N–H and O–H groups in total. The van der Waals surface area contributed by atoms with Gasteiger partial charge in [-0.25, -0.2) is 0 Å². The normalized spacial score (nSPS) is 9.00. The van der Waals surface area contributed by atoms with E-state index in [1.54, 1.807) is 0 Å². The van der Waals surface area contributed by atoms with Crippen LogP contribution >= 0.6 is 0 Å². The van der Waals surface area contributed by atoms with Crippen LogP contribution in [0.1, 0.15) is 25.1 Å². The van der Waals surface area contributed by atoms with Gasteiger partial charge in [-0.3, -0.25) is 0 Å². The molecular formula is C6H18AlN. The van der Waals surface area contributed by atoms with E-state index in [-0.39, 0.29) is 21.6 Å². The third-order valence-electron chi connectivity index (χ3n) is 1.34. The summed E-state index contributed by atoms with van der Waals surface area (Å²) in [4.78, 5) is 2.38. The zero-order valence-electron chi connectivity index (χ0n) is 9.15. The molecule has 8 heavy (non-hydrogen) atoms. The minimum Gasteiger partial charge on any atom is -1.00 e. The van der Waals surface area contributed by atoms with Crippen molar-refractivity contribution in [3.63, 3.8) is 0 Å². The number of hydrogen-bond acceptors (Lipinski definition) is 1. The molecule has 0 atom stereocenters. The summed E-state index contributed by atoms with van der Waals surface area (Å²) in [5.74, 6) is 0. The smallest absolute Gasteiger partial charge is 1.00 e. The van der Waals surface area contributed by atoms with Gasteiger partial charge in [0.1, 0.15) is 0 Å². The van der Waals surface area contributed by atoms with Crippen molar-refractivity contribution < 1.29 is 4.28 Å². The van der Waals surface area contributed by atoms with E-state index in [1.165, 1.54) is 19.6 Å². The largest absolute Gasteiger partial charge is 3.00 e. The fraction of sp³-hybridized carbons (Fsp3) is 1.00. The summed E-state index contributed by atoms with van der Waals surface area (Å²) in [5.41, 5.74) is 0. The SMILES string of the molecule is CCN(CC)CC.[Al+3].[H-].[H-].[H-]. The molecule has 0 saturated carbocycles. The predicted molar refractivity (Wildman–Crippen MR) is 42.6 cm³/mol. The summed E-state index contributed by atoms with van der Waals surface area (Å²) >= 11 is 0. The molecule has 0 saturated heterocycles. The van der Waals surface area contributed by atoms with E-state index in [2.05, 4.69) is 25.7 Å². The number of hydrogen-bond donors (Lipinski definition) is 0. The van der Waals surface area contributed by atoms with Crippen molar-refractivity contribution in [2.45, 2.75) is 20.8 Å². The summed E-state index contributed by atoms with van der Waals surface area (Å²) in [7, 11) is 0. The van der Waals surface area contributed by atoms with Crippen LogP contribution in [0.25, 0.3) is 0 Å². The molecule has 0 aromatic rings. The topological polar surface area (TPSA) is 3.24 Å². The molecule has 1 nitrogen and oxygen atoms in total. The van der Waals surface area contributed by atoms with Crippen molar-refractivity contribution in [2.24, 2.45) is 0 Å². The van der Waals surface area contributed by atoms with E-state index in [0.717, 1.165) is 0 Å². The second kappa shape index (κ2) is 7.49. The van der Waals surface area contributed by atoms with Crippen LogP contribution in [0.5, 0.6) is 0 Å². The molecule has 0 aliphatic rings. The van der Waals surface area contributed by atoms with Crippen LogP contribution < -0.4 is 0 Å². The standard InChI is InChI=1S/C6H15N.Al.3H/c1-4-7(5-2)6-3;;;;/h4-6H2,1-3H3;;;;/q;+3;3*-1. The van der Waals surface area contributed by atoms with Gasteiger partial charge in [0.25, 0.3) is 0 Å². The van der Waals surface area contributed by atoms with Gasteiger partial charge in [-0.15, -0.1) is 0 Å². The van der Waals surface area contributed by atoms with Crippen LogP contribution in [-0.4, -0.2) is 41.9 Å². The Morgan fingerprint density at radius 1 is 1.00 bits per heavy atom. The summed E-state index contributed by atoms with van der Waals surface area (Å²) in [6.07, 6.45) is 0. The minimum atomic E-state index is 0. The molecule has 0 aromatic heterocycles. The van der Waals surface area contributed by atoms with E-state index in [0.29, 0.717) is 0 Å². The van der Waals surface area contributed by atoms with Gasteiger partial charge >= 0.3 is 17.4 Å². The van der Waals surface area contributed by atoms with Gasteiger partial charge in [-0.05, 0) is 19.6 Å². The Morgan fingerprint density at radius 3 is 1.25 bits per heavy atom. The second-order valence-corrected chi connectivity index (χ2v) is 1.62. The van der Waals surface area contributed by atoms with Crippen LogP contribution in [0, 0.1) is 0 Å². The Morgan fingerprint density at radius 2 is 1.25 bits per heavy atom. The molecule has 0 spiro atoms. The van der Waals surface area contributed by atoms with Gasteiger partial charge < -0.3 is 9.18 Å². The molecule has 0 radical (unpaired) electrons. The van der Waals surface area contributed by atoms with E-state index in [9.17, 15) is 0 Å². The van der Waals surface area contributed by atoms with Crippen molar-refractivity contribution >= 4 is 17.4 Å². The van der Waals surface area contributed by atoms with Crippen LogP contribution in [0.2, 0.25) is 0 Å². The van der Waals surface area contributed by atoms with Gasteiger partial charge in [0.2, 0.25) is 0 Å². The van der Waals surface area contributed by atoms with E-state index < -0.39 is 0 Å². The zero-order chi connectivity index (χ0) is 5.70. The quantitative estimate of drug-likeness (QED) is 0.522. The van der Waals surface area contributed by atoms with Crippen molar-refractivity contribution in [1.82, 2.24) is 4.90 Å². The van der Waals surface area contributed by atoms with Crippen molar-refractivity contribution in [1.29, 1.82) is 0 Å². The van der Waals surface area contributed by atoms with Gasteiger partial charge in [0.15, 0.2) is 0 Å². The average molecular weight is 131 g/mol. The Kier molecular flexibility index (Phi) is 10.6. The molecule has 0 bridgehead atoms. The molecule has 50 valence electrons. The average Bonchev–Trinajstić information content (AvgIpc) is 1.72. The summed E-state index contributed by atoms with van der Waals surface area (Å²) in [6.45, 7) is 10.1. The molecule has 0 heterocycles. The first-order valence-corrected chi connectivity index (χ1v) is 3.07. The first kappa shape index (κ1) is 11.3. The van der Waals surface area contributed by atoms with Gasteiger partial charge in [0, 0.05) is 0 Å². The maximum atomic E-state index is 2.38. The van der Waals surface area contributed by atoms with Crippen molar-refractivity contribution in [2.75, 3.05) is 19.6 Å². The van der Waals surface area contributed by atoms with Gasteiger partial charge in [0.05, 0.1) is 0 Å². The van der Waals surface area contributed by atoms with Crippen LogP contribution in [0.15, 0.2) is 0 Å². The molecule has 0 fully saturated rings. The van der Waals surface area contributed by atoms with Gasteiger partial charge in [-0.2, -0.15) is 0 Å². The monoisotopic (exact) mass is 131 g/mol. The zero-order valence-corrected chi connectivity index (χ0v) is 7.30. The molecule has 0 aromatic carbocycles. The first-order chi connectivity index (χ1) is 3.35. The Labute approximate surface area is 67.7 Å². The predicted octanol–water partition coefficient (Wildman–Crippen LogP) is 1.30. The van der Waals surface area contributed by atoms with Crippen LogP contribution in [0.4, 0.5) is 0 Å². The second-order valence-electron chi connectivity index (χ2n) is 1.62. The summed E-state index contributed by atoms with van der Waals surface area (Å²) in [5, 5.41) is 0. The van der Waals surface area contributed by atoms with E-state index in [4.69, 9.17) is 0 Å². The third kappa shape index (κ3) is 4.65. The fourth-order valence-corrected chi connectivity index (χ4v) is 0.671. The first-order valence-electron chi connectivity index (χ1n) is 3.07. The van der Waals surface area contributed by atoms with Crippen LogP contribution in [0.3, 0.4) is 0 Å². The molecule has 0 aliphatic carbocycles. The molecule has 0 rings (SSSR count). The Hall–Kier alpha value is 0.492. The van der Waals surface area contributed by atoms with E-state index >= 15 is 0 Å². The Balaban J connectivity index is -0.0000000300. The van der Waals surface area contributed by atoms with Gasteiger partial charge in [-0.1, -0.05) is 20.8 Å². The van der Waals surface area contributed by atoms with Crippen molar-refractivity contribution in [3.8, 4) is 0 Å². The fourth-order valence-electron chi connectivity index (χ4n) is 0.671. The number of nitrogens with zero attached hydrogens (tertiary/aromatic N) is 1. The third-order valence-corrected chi connectivity index (χ3v) is 1.34. The molecule has 2 heteroatoms. The van der Waals surface area contributed by atoms with E-state index in [1.807, 2.05) is 0 Å². The molecule has 0 amide bonds.